The molecule has 140 valence electrons. The highest BCUT2D eigenvalue weighted by atomic mass is 16.2. The molecule has 1 fully saturated rings. The van der Waals surface area contributed by atoms with Gasteiger partial charge in [0.2, 0.25) is 0 Å². The zero-order valence-electron chi connectivity index (χ0n) is 16.4. The van der Waals surface area contributed by atoms with Crippen molar-refractivity contribution in [1.29, 1.82) is 0 Å². The summed E-state index contributed by atoms with van der Waals surface area (Å²) in [5, 5.41) is 7.41. The van der Waals surface area contributed by atoms with Gasteiger partial charge in [-0.1, -0.05) is 24.3 Å². The number of carbonyl (C=O) groups is 1. The summed E-state index contributed by atoms with van der Waals surface area (Å²) in [6.45, 7) is 12.0. The molecule has 0 atom stereocenters. The van der Waals surface area contributed by atoms with Gasteiger partial charge in [-0.3, -0.25) is 9.48 Å². The van der Waals surface area contributed by atoms with Crippen molar-refractivity contribution in [1.82, 2.24) is 9.78 Å². The van der Waals surface area contributed by atoms with E-state index in [0.29, 0.717) is 6.54 Å². The molecule has 0 radical (unpaired) electrons. The number of aromatic nitrogens is 2. The number of piperazine rings is 1. The van der Waals surface area contributed by atoms with E-state index < -0.39 is 0 Å². The van der Waals surface area contributed by atoms with Gasteiger partial charge in [-0.25, -0.2) is 0 Å². The summed E-state index contributed by atoms with van der Waals surface area (Å²) in [4.78, 5) is 15.4. The van der Waals surface area contributed by atoms with Crippen LogP contribution in [-0.4, -0.2) is 48.4 Å². The summed E-state index contributed by atoms with van der Waals surface area (Å²) in [6, 6.07) is 8.63. The van der Waals surface area contributed by atoms with Gasteiger partial charge in [0.15, 0.2) is 6.54 Å². The Balaban J connectivity index is 1.48. The van der Waals surface area contributed by atoms with E-state index in [1.807, 2.05) is 25.6 Å². The van der Waals surface area contributed by atoms with Gasteiger partial charge in [-0.05, 0) is 26.3 Å². The number of nitrogens with zero attached hydrogens (tertiary/aromatic N) is 2. The third-order valence-corrected chi connectivity index (χ3v) is 5.55. The van der Waals surface area contributed by atoms with Crippen molar-refractivity contribution < 1.29 is 14.6 Å². The van der Waals surface area contributed by atoms with Gasteiger partial charge >= 0.3 is 0 Å². The number of anilines is 1. The smallest absolute Gasteiger partial charge is 0.279 e. The standard InChI is InChI=1S/C20H29N5O/c1-15-7-5-6-8-18(15)13-24-9-11-25(12-10-24)14-19(26)21-20-16(2)22-23(4)17(20)3/h5-8H,9-14H2,1-4H3,(H,21,26)/p+2. The van der Waals surface area contributed by atoms with Gasteiger partial charge in [0.1, 0.15) is 32.7 Å². The Morgan fingerprint density at radius 3 is 2.38 bits per heavy atom. The molecule has 1 amide bonds. The topological polar surface area (TPSA) is 55.8 Å². The lowest BCUT2D eigenvalue weighted by Gasteiger charge is -2.29. The minimum atomic E-state index is 0.0848. The van der Waals surface area contributed by atoms with E-state index in [9.17, 15) is 4.79 Å². The molecule has 1 saturated heterocycles. The van der Waals surface area contributed by atoms with Gasteiger partial charge in [0, 0.05) is 12.6 Å². The highest BCUT2D eigenvalue weighted by Crippen LogP contribution is 2.17. The number of benzene rings is 1. The van der Waals surface area contributed by atoms with Crippen LogP contribution in [-0.2, 0) is 18.4 Å². The van der Waals surface area contributed by atoms with Gasteiger partial charge in [-0.2, -0.15) is 5.10 Å². The molecule has 0 bridgehead atoms. The van der Waals surface area contributed by atoms with Crippen LogP contribution in [0.25, 0.3) is 0 Å². The number of nitrogens with one attached hydrogen (secondary N) is 3. The van der Waals surface area contributed by atoms with Gasteiger partial charge in [0.25, 0.3) is 5.91 Å². The Bertz CT molecular complexity index is 775. The fraction of sp³-hybridized carbons (Fsp3) is 0.500. The van der Waals surface area contributed by atoms with Crippen LogP contribution in [0.2, 0.25) is 0 Å². The predicted molar refractivity (Wildman–Crippen MR) is 102 cm³/mol. The van der Waals surface area contributed by atoms with E-state index in [4.69, 9.17) is 0 Å². The van der Waals surface area contributed by atoms with Crippen LogP contribution in [0.1, 0.15) is 22.5 Å². The maximum atomic E-state index is 12.4. The maximum absolute atomic E-state index is 12.4. The number of aryl methyl sites for hydroxylation is 3. The summed E-state index contributed by atoms with van der Waals surface area (Å²) in [5.74, 6) is 0.0848. The molecule has 6 heteroatoms. The number of quaternary nitrogens is 2. The second-order valence-electron chi connectivity index (χ2n) is 7.50. The van der Waals surface area contributed by atoms with Gasteiger partial charge in [-0.15, -0.1) is 0 Å². The number of hydrogen-bond donors (Lipinski definition) is 3. The minimum absolute atomic E-state index is 0.0848. The zero-order valence-corrected chi connectivity index (χ0v) is 16.4. The maximum Gasteiger partial charge on any atom is 0.279 e. The van der Waals surface area contributed by atoms with Crippen LogP contribution in [0.4, 0.5) is 5.69 Å². The van der Waals surface area contributed by atoms with Crippen LogP contribution in [0.15, 0.2) is 24.3 Å². The fourth-order valence-electron chi connectivity index (χ4n) is 3.75. The summed E-state index contributed by atoms with van der Waals surface area (Å²) in [6.07, 6.45) is 0. The van der Waals surface area contributed by atoms with Gasteiger partial charge in [0.05, 0.1) is 17.1 Å². The summed E-state index contributed by atoms with van der Waals surface area (Å²) in [5.41, 5.74) is 5.54. The third kappa shape index (κ3) is 4.31. The molecule has 0 aliphatic carbocycles. The third-order valence-electron chi connectivity index (χ3n) is 5.55. The average Bonchev–Trinajstić information content (AvgIpc) is 2.85. The first-order valence-corrected chi connectivity index (χ1v) is 9.45. The largest absolute Gasteiger partial charge is 0.322 e. The molecule has 2 aromatic rings. The zero-order chi connectivity index (χ0) is 18.7. The number of hydrogen-bond acceptors (Lipinski definition) is 2. The second-order valence-corrected chi connectivity index (χ2v) is 7.50. The lowest BCUT2D eigenvalue weighted by atomic mass is 10.1. The van der Waals surface area contributed by atoms with Crippen molar-refractivity contribution in [3.63, 3.8) is 0 Å². The molecule has 26 heavy (non-hydrogen) atoms. The summed E-state index contributed by atoms with van der Waals surface area (Å²) in [7, 11) is 1.90. The van der Waals surface area contributed by atoms with E-state index >= 15 is 0 Å². The van der Waals surface area contributed by atoms with Crippen LogP contribution in [0.5, 0.6) is 0 Å². The summed E-state index contributed by atoms with van der Waals surface area (Å²) < 4.78 is 1.81. The van der Waals surface area contributed by atoms with Crippen molar-refractivity contribution in [3.8, 4) is 0 Å². The van der Waals surface area contributed by atoms with Gasteiger partial charge < -0.3 is 15.1 Å². The first kappa shape index (κ1) is 18.6. The molecular weight excluding hydrogens is 326 g/mol. The Morgan fingerprint density at radius 1 is 1.12 bits per heavy atom. The lowest BCUT2D eigenvalue weighted by molar-refractivity contribution is -1.02. The monoisotopic (exact) mass is 357 g/mol. The van der Waals surface area contributed by atoms with Crippen LogP contribution in [0.3, 0.4) is 0 Å². The number of amides is 1. The number of rotatable bonds is 5. The highest BCUT2D eigenvalue weighted by Gasteiger charge is 2.25. The second kappa shape index (κ2) is 8.01. The van der Waals surface area contributed by atoms with E-state index in [1.165, 1.54) is 16.0 Å². The SMILES string of the molecule is Cc1ccccc1C[NH+]1CC[NH+](CC(=O)Nc2c(C)nn(C)c2C)CC1. The van der Waals surface area contributed by atoms with E-state index in [0.717, 1.165) is 49.8 Å². The van der Waals surface area contributed by atoms with Crippen molar-refractivity contribution >= 4 is 11.6 Å². The van der Waals surface area contributed by atoms with E-state index in [-0.39, 0.29) is 5.91 Å². The van der Waals surface area contributed by atoms with Crippen molar-refractivity contribution in [3.05, 3.63) is 46.8 Å². The normalized spacial score (nSPS) is 20.2. The minimum Gasteiger partial charge on any atom is -0.322 e. The molecule has 1 aliphatic rings. The molecule has 0 saturated carbocycles. The average molecular weight is 358 g/mol. The molecule has 1 aromatic carbocycles. The molecule has 3 rings (SSSR count). The molecule has 1 aromatic heterocycles. The quantitative estimate of drug-likeness (QED) is 0.661. The molecule has 0 unspecified atom stereocenters. The van der Waals surface area contributed by atoms with Crippen molar-refractivity contribution in [2.24, 2.45) is 7.05 Å². The first-order valence-electron chi connectivity index (χ1n) is 9.45. The van der Waals surface area contributed by atoms with E-state index in [1.54, 1.807) is 4.90 Å². The number of carbonyl (C=O) groups excluding carboxylic acids is 1. The molecule has 0 spiro atoms. The van der Waals surface area contributed by atoms with Crippen molar-refractivity contribution in [2.45, 2.75) is 27.3 Å². The first-order chi connectivity index (χ1) is 12.4. The predicted octanol–water partition coefficient (Wildman–Crippen LogP) is -0.733. The molecular formula is C20H31N5O+2. The van der Waals surface area contributed by atoms with Crippen molar-refractivity contribution in [2.75, 3.05) is 38.0 Å². The lowest BCUT2D eigenvalue weighted by Crippen LogP contribution is -3.28. The van der Waals surface area contributed by atoms with Crippen LogP contribution < -0.4 is 15.1 Å². The molecule has 2 heterocycles. The Hall–Kier alpha value is -2.18. The van der Waals surface area contributed by atoms with Crippen LogP contribution in [0, 0.1) is 20.8 Å². The Morgan fingerprint density at radius 2 is 1.77 bits per heavy atom. The molecule has 6 nitrogen and oxygen atoms in total. The van der Waals surface area contributed by atoms with E-state index in [2.05, 4.69) is 41.6 Å². The molecule has 1 aliphatic heterocycles. The summed E-state index contributed by atoms with van der Waals surface area (Å²) >= 11 is 0. The molecule has 3 N–H and O–H groups in total. The Labute approximate surface area is 155 Å². The van der Waals surface area contributed by atoms with Crippen LogP contribution >= 0.6 is 0 Å². The fourth-order valence-corrected chi connectivity index (χ4v) is 3.75. The highest BCUT2D eigenvalue weighted by molar-refractivity contribution is 5.92. The Kier molecular flexibility index (Phi) is 5.74.